The maximum absolute atomic E-state index is 13.2. The lowest BCUT2D eigenvalue weighted by atomic mass is 10.1. The SMILES string of the molecule is O=C(c1cc(-c2ccccc2)on1)N(CCCN1CCOCC1)Cc1ccncc1. The molecule has 1 saturated heterocycles. The smallest absolute Gasteiger partial charge is 0.276 e. The summed E-state index contributed by atoms with van der Waals surface area (Å²) in [7, 11) is 0. The van der Waals surface area contributed by atoms with Crippen LogP contribution in [-0.2, 0) is 11.3 Å². The zero-order valence-corrected chi connectivity index (χ0v) is 16.9. The van der Waals surface area contributed by atoms with Gasteiger partial charge in [0.15, 0.2) is 11.5 Å². The van der Waals surface area contributed by atoms with Crippen LogP contribution in [0, 0.1) is 0 Å². The first-order valence-corrected chi connectivity index (χ1v) is 10.3. The number of hydrogen-bond donors (Lipinski definition) is 0. The van der Waals surface area contributed by atoms with Crippen molar-refractivity contribution >= 4 is 5.91 Å². The van der Waals surface area contributed by atoms with Crippen molar-refractivity contribution in [1.29, 1.82) is 0 Å². The van der Waals surface area contributed by atoms with Crippen LogP contribution in [0.25, 0.3) is 11.3 Å². The van der Waals surface area contributed by atoms with E-state index in [0.29, 0.717) is 24.5 Å². The van der Waals surface area contributed by atoms with E-state index in [0.717, 1.165) is 50.4 Å². The summed E-state index contributed by atoms with van der Waals surface area (Å²) in [5.74, 6) is 0.468. The number of rotatable bonds is 8. The number of pyridine rings is 1. The number of carbonyl (C=O) groups is 1. The van der Waals surface area contributed by atoms with Crippen molar-refractivity contribution < 1.29 is 14.1 Å². The van der Waals surface area contributed by atoms with Crippen LogP contribution in [0.2, 0.25) is 0 Å². The Morgan fingerprint density at radius 1 is 1.07 bits per heavy atom. The Labute approximate surface area is 176 Å². The maximum Gasteiger partial charge on any atom is 0.276 e. The molecule has 0 atom stereocenters. The number of hydrogen-bond acceptors (Lipinski definition) is 6. The van der Waals surface area contributed by atoms with E-state index in [1.807, 2.05) is 47.4 Å². The molecule has 7 heteroatoms. The average molecular weight is 406 g/mol. The molecule has 3 aromatic rings. The van der Waals surface area contributed by atoms with Crippen LogP contribution in [0.15, 0.2) is 65.4 Å². The zero-order chi connectivity index (χ0) is 20.6. The van der Waals surface area contributed by atoms with Gasteiger partial charge in [0.2, 0.25) is 0 Å². The van der Waals surface area contributed by atoms with Crippen LogP contribution in [0.5, 0.6) is 0 Å². The van der Waals surface area contributed by atoms with Gasteiger partial charge in [-0.05, 0) is 24.1 Å². The topological polar surface area (TPSA) is 71.7 Å². The number of benzene rings is 1. The summed E-state index contributed by atoms with van der Waals surface area (Å²) in [4.78, 5) is 21.5. The minimum Gasteiger partial charge on any atom is -0.379 e. The molecule has 1 aliphatic rings. The third kappa shape index (κ3) is 5.31. The molecule has 1 aromatic carbocycles. The van der Waals surface area contributed by atoms with Gasteiger partial charge in [-0.3, -0.25) is 14.7 Å². The minimum absolute atomic E-state index is 0.125. The van der Waals surface area contributed by atoms with Crippen molar-refractivity contribution in [2.45, 2.75) is 13.0 Å². The van der Waals surface area contributed by atoms with Gasteiger partial charge in [0.25, 0.3) is 5.91 Å². The number of morpholine rings is 1. The van der Waals surface area contributed by atoms with Crippen LogP contribution in [0.3, 0.4) is 0 Å². The Hall–Kier alpha value is -3.03. The van der Waals surface area contributed by atoms with Crippen LogP contribution < -0.4 is 0 Å². The quantitative estimate of drug-likeness (QED) is 0.572. The predicted octanol–water partition coefficient (Wildman–Crippen LogP) is 3.10. The first-order valence-electron chi connectivity index (χ1n) is 10.3. The van der Waals surface area contributed by atoms with E-state index in [4.69, 9.17) is 9.26 Å². The molecule has 0 unspecified atom stereocenters. The highest BCUT2D eigenvalue weighted by Crippen LogP contribution is 2.21. The van der Waals surface area contributed by atoms with E-state index in [2.05, 4.69) is 15.0 Å². The van der Waals surface area contributed by atoms with Gasteiger partial charge in [0.1, 0.15) is 0 Å². The summed E-state index contributed by atoms with van der Waals surface area (Å²) >= 11 is 0. The standard InChI is InChI=1S/C23H26N4O3/c28-23(21-17-22(30-25-21)20-5-2-1-3-6-20)27(18-19-7-9-24-10-8-19)12-4-11-26-13-15-29-16-14-26/h1-3,5-10,17H,4,11-16,18H2. The second-order valence-electron chi connectivity index (χ2n) is 7.33. The van der Waals surface area contributed by atoms with Crippen molar-refractivity contribution in [3.8, 4) is 11.3 Å². The molecule has 7 nitrogen and oxygen atoms in total. The molecule has 0 bridgehead atoms. The molecule has 1 amide bonds. The van der Waals surface area contributed by atoms with Gasteiger partial charge in [-0.2, -0.15) is 0 Å². The summed E-state index contributed by atoms with van der Waals surface area (Å²) < 4.78 is 10.9. The molecule has 156 valence electrons. The van der Waals surface area contributed by atoms with Gasteiger partial charge in [0.05, 0.1) is 13.2 Å². The number of carbonyl (C=O) groups excluding carboxylic acids is 1. The van der Waals surface area contributed by atoms with Crippen LogP contribution in [-0.4, -0.2) is 65.2 Å². The normalized spacial score (nSPS) is 14.5. The van der Waals surface area contributed by atoms with Gasteiger partial charge in [-0.15, -0.1) is 0 Å². The largest absolute Gasteiger partial charge is 0.379 e. The first-order chi connectivity index (χ1) is 14.8. The van der Waals surface area contributed by atoms with Gasteiger partial charge in [-0.25, -0.2) is 0 Å². The van der Waals surface area contributed by atoms with Gasteiger partial charge >= 0.3 is 0 Å². The second kappa shape index (κ2) is 10.1. The average Bonchev–Trinajstić information content (AvgIpc) is 3.30. The molecule has 0 saturated carbocycles. The Morgan fingerprint density at radius 3 is 2.60 bits per heavy atom. The number of nitrogens with zero attached hydrogens (tertiary/aromatic N) is 4. The van der Waals surface area contributed by atoms with Crippen molar-refractivity contribution in [2.75, 3.05) is 39.4 Å². The van der Waals surface area contributed by atoms with E-state index in [-0.39, 0.29) is 5.91 Å². The third-order valence-corrected chi connectivity index (χ3v) is 5.20. The Morgan fingerprint density at radius 2 is 1.83 bits per heavy atom. The molecule has 0 radical (unpaired) electrons. The van der Waals surface area contributed by atoms with Crippen LogP contribution >= 0.6 is 0 Å². The molecule has 3 heterocycles. The van der Waals surface area contributed by atoms with Crippen LogP contribution in [0.1, 0.15) is 22.5 Å². The molecule has 0 N–H and O–H groups in total. The van der Waals surface area contributed by atoms with E-state index in [1.165, 1.54) is 0 Å². The fourth-order valence-corrected chi connectivity index (χ4v) is 3.55. The molecule has 1 fully saturated rings. The van der Waals surface area contributed by atoms with E-state index >= 15 is 0 Å². The van der Waals surface area contributed by atoms with Crippen molar-refractivity contribution in [2.24, 2.45) is 0 Å². The maximum atomic E-state index is 13.2. The number of amides is 1. The molecule has 1 aliphatic heterocycles. The fraction of sp³-hybridized carbons (Fsp3) is 0.348. The molecule has 2 aromatic heterocycles. The summed E-state index contributed by atoms with van der Waals surface area (Å²) in [6.45, 7) is 5.55. The highest BCUT2D eigenvalue weighted by atomic mass is 16.5. The van der Waals surface area contributed by atoms with E-state index in [9.17, 15) is 4.79 Å². The molecular formula is C23H26N4O3. The van der Waals surface area contributed by atoms with Crippen molar-refractivity contribution in [3.05, 3.63) is 72.2 Å². The molecule has 0 aliphatic carbocycles. The molecule has 30 heavy (non-hydrogen) atoms. The summed E-state index contributed by atoms with van der Waals surface area (Å²) in [6, 6.07) is 15.3. The third-order valence-electron chi connectivity index (χ3n) is 5.20. The zero-order valence-electron chi connectivity index (χ0n) is 16.9. The highest BCUT2D eigenvalue weighted by Gasteiger charge is 2.21. The lowest BCUT2D eigenvalue weighted by molar-refractivity contribution is 0.0355. The summed E-state index contributed by atoms with van der Waals surface area (Å²) in [6.07, 6.45) is 4.38. The van der Waals surface area contributed by atoms with E-state index < -0.39 is 0 Å². The lowest BCUT2D eigenvalue weighted by Gasteiger charge is -2.28. The number of ether oxygens (including phenoxy) is 1. The Balaban J connectivity index is 1.45. The summed E-state index contributed by atoms with van der Waals surface area (Å²) in [5.41, 5.74) is 2.27. The monoisotopic (exact) mass is 406 g/mol. The Bertz CT molecular complexity index is 924. The Kier molecular flexibility index (Phi) is 6.84. The fourth-order valence-electron chi connectivity index (χ4n) is 3.55. The summed E-state index contributed by atoms with van der Waals surface area (Å²) in [5, 5.41) is 4.05. The second-order valence-corrected chi connectivity index (χ2v) is 7.33. The van der Waals surface area contributed by atoms with Crippen molar-refractivity contribution in [1.82, 2.24) is 19.9 Å². The molecular weight excluding hydrogens is 380 g/mol. The minimum atomic E-state index is -0.125. The number of aromatic nitrogens is 2. The lowest BCUT2D eigenvalue weighted by Crippen LogP contribution is -2.39. The van der Waals surface area contributed by atoms with Gasteiger partial charge in [0, 0.05) is 56.7 Å². The van der Waals surface area contributed by atoms with Crippen LogP contribution in [0.4, 0.5) is 0 Å². The van der Waals surface area contributed by atoms with E-state index in [1.54, 1.807) is 18.5 Å². The first kappa shape index (κ1) is 20.3. The van der Waals surface area contributed by atoms with Crippen molar-refractivity contribution in [3.63, 3.8) is 0 Å². The molecule has 0 spiro atoms. The highest BCUT2D eigenvalue weighted by molar-refractivity contribution is 5.93. The van der Waals surface area contributed by atoms with Gasteiger partial charge < -0.3 is 14.2 Å². The molecule has 4 rings (SSSR count). The van der Waals surface area contributed by atoms with Gasteiger partial charge in [-0.1, -0.05) is 35.5 Å². The predicted molar refractivity (Wildman–Crippen MR) is 113 cm³/mol.